The van der Waals surface area contributed by atoms with Crippen LogP contribution in [0.2, 0.25) is 5.02 Å². The standard InChI is InChI=1S/C20H21ClN4O5S/c21-15-5-9-17(10-6-15)31(28,29)25-11-1-2-18(25)20(27)24-23-12-14-3-7-16(8-4-14)30-13-19(22)26/h3-10,12,18H,1-2,11,13H2,(H2,22,26)(H,24,27)/t18-/m1/s1. The summed E-state index contributed by atoms with van der Waals surface area (Å²) in [5, 5.41) is 4.34. The molecule has 31 heavy (non-hydrogen) atoms. The lowest BCUT2D eigenvalue weighted by Crippen LogP contribution is -2.44. The molecule has 0 radical (unpaired) electrons. The van der Waals surface area contributed by atoms with Gasteiger partial charge in [-0.1, -0.05) is 11.6 Å². The molecule has 1 aliphatic rings. The fourth-order valence-corrected chi connectivity index (χ4v) is 4.86. The Balaban J connectivity index is 1.61. The highest BCUT2D eigenvalue weighted by Crippen LogP contribution is 2.27. The quantitative estimate of drug-likeness (QED) is 0.451. The minimum atomic E-state index is -3.83. The molecule has 1 aliphatic heterocycles. The number of hydrogen-bond acceptors (Lipinski definition) is 6. The van der Waals surface area contributed by atoms with Gasteiger partial charge in [-0.15, -0.1) is 0 Å². The van der Waals surface area contributed by atoms with Crippen LogP contribution in [0.1, 0.15) is 18.4 Å². The van der Waals surface area contributed by atoms with E-state index in [2.05, 4.69) is 10.5 Å². The smallest absolute Gasteiger partial charge is 0.258 e. The van der Waals surface area contributed by atoms with Crippen molar-refractivity contribution >= 4 is 39.7 Å². The predicted molar refractivity (Wildman–Crippen MR) is 115 cm³/mol. The van der Waals surface area contributed by atoms with Crippen LogP contribution in [-0.4, -0.2) is 49.9 Å². The molecule has 2 amide bonds. The second-order valence-electron chi connectivity index (χ2n) is 6.79. The lowest BCUT2D eigenvalue weighted by atomic mass is 10.2. The molecule has 2 aromatic rings. The molecule has 1 saturated heterocycles. The molecule has 3 N–H and O–H groups in total. The van der Waals surface area contributed by atoms with Gasteiger partial charge in [-0.2, -0.15) is 9.41 Å². The molecule has 3 rings (SSSR count). The normalized spacial score (nSPS) is 17.0. The summed E-state index contributed by atoms with van der Waals surface area (Å²) in [4.78, 5) is 23.4. The van der Waals surface area contributed by atoms with Crippen LogP contribution in [0.5, 0.6) is 5.75 Å². The average molecular weight is 465 g/mol. The molecule has 0 aromatic heterocycles. The van der Waals surface area contributed by atoms with E-state index in [1.807, 2.05) is 0 Å². The summed E-state index contributed by atoms with van der Waals surface area (Å²) in [6, 6.07) is 11.6. The minimum absolute atomic E-state index is 0.0822. The molecule has 0 spiro atoms. The van der Waals surface area contributed by atoms with Crippen molar-refractivity contribution in [2.75, 3.05) is 13.2 Å². The van der Waals surface area contributed by atoms with E-state index < -0.39 is 27.9 Å². The zero-order chi connectivity index (χ0) is 22.4. The average Bonchev–Trinajstić information content (AvgIpc) is 3.24. The van der Waals surface area contributed by atoms with Crippen LogP contribution in [0.25, 0.3) is 0 Å². The molecule has 1 fully saturated rings. The second-order valence-corrected chi connectivity index (χ2v) is 9.11. The first-order valence-electron chi connectivity index (χ1n) is 9.39. The number of nitrogens with zero attached hydrogens (tertiary/aromatic N) is 2. The Labute approximate surface area is 184 Å². The first kappa shape index (κ1) is 22.7. The fraction of sp³-hybridized carbons (Fsp3) is 0.250. The summed E-state index contributed by atoms with van der Waals surface area (Å²) in [5.74, 6) is -0.617. The molecule has 0 unspecified atom stereocenters. The van der Waals surface area contributed by atoms with Gasteiger partial charge in [0.1, 0.15) is 11.8 Å². The first-order valence-corrected chi connectivity index (χ1v) is 11.2. The van der Waals surface area contributed by atoms with Crippen LogP contribution in [0.15, 0.2) is 58.5 Å². The first-order chi connectivity index (χ1) is 14.8. The van der Waals surface area contributed by atoms with Crippen molar-refractivity contribution in [3.63, 3.8) is 0 Å². The van der Waals surface area contributed by atoms with Crippen molar-refractivity contribution < 1.29 is 22.7 Å². The summed E-state index contributed by atoms with van der Waals surface area (Å²) < 4.78 is 32.2. The number of carbonyl (C=O) groups is 2. The Morgan fingerprint density at radius 2 is 1.87 bits per heavy atom. The van der Waals surface area contributed by atoms with Gasteiger partial charge in [0.15, 0.2) is 6.61 Å². The number of hydrogen-bond donors (Lipinski definition) is 2. The van der Waals surface area contributed by atoms with Crippen LogP contribution < -0.4 is 15.9 Å². The lowest BCUT2D eigenvalue weighted by molar-refractivity contribution is -0.124. The number of amides is 2. The van der Waals surface area contributed by atoms with Gasteiger partial charge in [-0.3, -0.25) is 9.59 Å². The van der Waals surface area contributed by atoms with Gasteiger partial charge in [0.25, 0.3) is 11.8 Å². The van der Waals surface area contributed by atoms with E-state index in [1.165, 1.54) is 34.8 Å². The minimum Gasteiger partial charge on any atom is -0.484 e. The van der Waals surface area contributed by atoms with Crippen molar-refractivity contribution in [1.82, 2.24) is 9.73 Å². The van der Waals surface area contributed by atoms with Crippen molar-refractivity contribution in [1.29, 1.82) is 0 Å². The Kier molecular flexibility index (Phi) is 7.26. The maximum absolute atomic E-state index is 12.9. The SMILES string of the molecule is NC(=O)COc1ccc(C=NNC(=O)[C@H]2CCCN2S(=O)(=O)c2ccc(Cl)cc2)cc1. The number of primary amides is 1. The van der Waals surface area contributed by atoms with E-state index in [4.69, 9.17) is 22.1 Å². The number of halogens is 1. The monoisotopic (exact) mass is 464 g/mol. The zero-order valence-corrected chi connectivity index (χ0v) is 18.0. The van der Waals surface area contributed by atoms with Gasteiger partial charge < -0.3 is 10.5 Å². The highest BCUT2D eigenvalue weighted by atomic mass is 35.5. The molecule has 1 heterocycles. The van der Waals surface area contributed by atoms with Crippen LogP contribution in [0, 0.1) is 0 Å². The third-order valence-electron chi connectivity index (χ3n) is 4.58. The molecule has 0 aliphatic carbocycles. The summed E-state index contributed by atoms with van der Waals surface area (Å²) in [6.07, 6.45) is 2.39. The van der Waals surface area contributed by atoms with E-state index in [1.54, 1.807) is 24.3 Å². The molecule has 2 aromatic carbocycles. The lowest BCUT2D eigenvalue weighted by Gasteiger charge is -2.22. The predicted octanol–water partition coefficient (Wildman–Crippen LogP) is 1.51. The molecule has 0 bridgehead atoms. The molecular weight excluding hydrogens is 444 g/mol. The van der Waals surface area contributed by atoms with E-state index in [0.29, 0.717) is 29.2 Å². The number of sulfonamides is 1. The third-order valence-corrected chi connectivity index (χ3v) is 6.75. The maximum Gasteiger partial charge on any atom is 0.258 e. The van der Waals surface area contributed by atoms with Crippen LogP contribution >= 0.6 is 11.6 Å². The van der Waals surface area contributed by atoms with E-state index in [-0.39, 0.29) is 18.0 Å². The number of benzene rings is 2. The Morgan fingerprint density at radius 3 is 2.52 bits per heavy atom. The third kappa shape index (κ3) is 5.81. The number of nitrogens with two attached hydrogens (primary N) is 1. The van der Waals surface area contributed by atoms with Gasteiger partial charge in [0, 0.05) is 11.6 Å². The molecule has 1 atom stereocenters. The number of rotatable bonds is 8. The van der Waals surface area contributed by atoms with Crippen LogP contribution in [0.3, 0.4) is 0 Å². The van der Waals surface area contributed by atoms with E-state index in [0.717, 1.165) is 0 Å². The largest absolute Gasteiger partial charge is 0.484 e. The van der Waals surface area contributed by atoms with Crippen LogP contribution in [0.4, 0.5) is 0 Å². The molecule has 164 valence electrons. The second kappa shape index (κ2) is 9.90. The number of ether oxygens (including phenoxy) is 1. The molecule has 0 saturated carbocycles. The topological polar surface area (TPSA) is 131 Å². The summed E-state index contributed by atoms with van der Waals surface area (Å²) in [7, 11) is -3.83. The number of nitrogens with one attached hydrogen (secondary N) is 1. The summed E-state index contributed by atoms with van der Waals surface area (Å²) >= 11 is 5.83. The van der Waals surface area contributed by atoms with E-state index in [9.17, 15) is 18.0 Å². The van der Waals surface area contributed by atoms with Gasteiger partial charge >= 0.3 is 0 Å². The highest BCUT2D eigenvalue weighted by molar-refractivity contribution is 7.89. The molecular formula is C20H21ClN4O5S. The fourth-order valence-electron chi connectivity index (χ4n) is 3.08. The van der Waals surface area contributed by atoms with E-state index >= 15 is 0 Å². The summed E-state index contributed by atoms with van der Waals surface area (Å²) in [5.41, 5.74) is 8.09. The van der Waals surface area contributed by atoms with Gasteiger partial charge in [-0.05, 0) is 66.9 Å². The molecule has 9 nitrogen and oxygen atoms in total. The Hall–Kier alpha value is -2.95. The zero-order valence-electron chi connectivity index (χ0n) is 16.4. The van der Waals surface area contributed by atoms with Crippen molar-refractivity contribution in [3.8, 4) is 5.75 Å². The van der Waals surface area contributed by atoms with Crippen molar-refractivity contribution in [2.45, 2.75) is 23.8 Å². The van der Waals surface area contributed by atoms with Gasteiger partial charge in [-0.25, -0.2) is 13.8 Å². The number of carbonyl (C=O) groups excluding carboxylic acids is 2. The van der Waals surface area contributed by atoms with Crippen molar-refractivity contribution in [2.24, 2.45) is 10.8 Å². The molecule has 11 heteroatoms. The maximum atomic E-state index is 12.9. The summed E-state index contributed by atoms with van der Waals surface area (Å²) in [6.45, 7) is 0.0276. The Morgan fingerprint density at radius 1 is 1.19 bits per heavy atom. The number of hydrazone groups is 1. The van der Waals surface area contributed by atoms with Gasteiger partial charge in [0.05, 0.1) is 11.1 Å². The van der Waals surface area contributed by atoms with Gasteiger partial charge in [0.2, 0.25) is 10.0 Å². The Bertz CT molecular complexity index is 1070. The van der Waals surface area contributed by atoms with Crippen LogP contribution in [-0.2, 0) is 19.6 Å². The highest BCUT2D eigenvalue weighted by Gasteiger charge is 2.39. The van der Waals surface area contributed by atoms with Crippen molar-refractivity contribution in [3.05, 3.63) is 59.1 Å².